The molecule has 2 aliphatic heterocycles. The minimum atomic E-state index is 0.0605. The SMILES string of the molecule is COC1CC(C2CC(Cn3ccn(C)c3=N)CC(C(=O)NC(C3CC3)C3CC(C)CCN3)C2)CCN1. The molecular formula is C28H48N6O2. The standard InChI is InChI=1S/C28H48N6O2/c1-18-6-8-30-24(12-18)26(20-4-5-20)32-27(35)23-14-19(17-34-11-10-33(2)28(34)29)13-22(15-23)21-7-9-31-25(16-21)36-3/h10-11,18-26,29-31H,4-9,12-17H2,1-3H3,(H,32,35). The van der Waals surface area contributed by atoms with Gasteiger partial charge < -0.3 is 24.5 Å². The first-order valence-electron chi connectivity index (χ1n) is 14.5. The smallest absolute Gasteiger partial charge is 0.223 e. The molecule has 4 aliphatic rings. The molecule has 1 aromatic heterocycles. The lowest BCUT2D eigenvalue weighted by Crippen LogP contribution is -2.55. The third-order valence-electron chi connectivity index (χ3n) is 9.67. The van der Waals surface area contributed by atoms with Gasteiger partial charge in [-0.2, -0.15) is 0 Å². The van der Waals surface area contributed by atoms with Gasteiger partial charge in [0, 0.05) is 51.1 Å². The van der Waals surface area contributed by atoms with E-state index in [1.54, 1.807) is 7.11 Å². The minimum absolute atomic E-state index is 0.0605. The normalized spacial score (nSPS) is 36.4. The van der Waals surface area contributed by atoms with Gasteiger partial charge in [-0.3, -0.25) is 15.5 Å². The predicted molar refractivity (Wildman–Crippen MR) is 140 cm³/mol. The molecule has 8 atom stereocenters. The van der Waals surface area contributed by atoms with Crippen molar-refractivity contribution in [2.75, 3.05) is 20.2 Å². The summed E-state index contributed by atoms with van der Waals surface area (Å²) in [4.78, 5) is 13.9. The molecule has 8 heteroatoms. The first-order chi connectivity index (χ1) is 17.4. The van der Waals surface area contributed by atoms with Gasteiger partial charge in [0.2, 0.25) is 11.5 Å². The minimum Gasteiger partial charge on any atom is -0.367 e. The molecule has 0 radical (unpaired) electrons. The number of rotatable bonds is 8. The van der Waals surface area contributed by atoms with Crippen LogP contribution >= 0.6 is 0 Å². The van der Waals surface area contributed by atoms with E-state index in [2.05, 4.69) is 27.4 Å². The van der Waals surface area contributed by atoms with Gasteiger partial charge in [-0.15, -0.1) is 0 Å². The van der Waals surface area contributed by atoms with Crippen molar-refractivity contribution in [1.29, 1.82) is 5.41 Å². The lowest BCUT2D eigenvalue weighted by atomic mass is 9.67. The quantitative estimate of drug-likeness (QED) is 0.441. The van der Waals surface area contributed by atoms with Gasteiger partial charge in [0.15, 0.2) is 0 Å². The molecule has 2 aliphatic carbocycles. The van der Waals surface area contributed by atoms with Crippen LogP contribution in [0.15, 0.2) is 12.4 Å². The molecule has 8 nitrogen and oxygen atoms in total. The number of nitrogens with one attached hydrogen (secondary N) is 4. The number of carbonyl (C=O) groups excluding carboxylic acids is 1. The van der Waals surface area contributed by atoms with Crippen LogP contribution in [0.3, 0.4) is 0 Å². The van der Waals surface area contributed by atoms with Crippen molar-refractivity contribution in [1.82, 2.24) is 25.1 Å². The van der Waals surface area contributed by atoms with E-state index in [0.717, 1.165) is 57.7 Å². The highest BCUT2D eigenvalue weighted by atomic mass is 16.5. The third kappa shape index (κ3) is 6.08. The summed E-state index contributed by atoms with van der Waals surface area (Å²) in [7, 11) is 3.72. The van der Waals surface area contributed by atoms with Gasteiger partial charge in [-0.25, -0.2) is 0 Å². The highest BCUT2D eigenvalue weighted by Crippen LogP contribution is 2.42. The van der Waals surface area contributed by atoms with Crippen LogP contribution in [0.5, 0.6) is 0 Å². The molecular weight excluding hydrogens is 452 g/mol. The van der Waals surface area contributed by atoms with Crippen LogP contribution in [0, 0.1) is 40.9 Å². The van der Waals surface area contributed by atoms with E-state index in [-0.39, 0.29) is 24.1 Å². The molecule has 2 saturated heterocycles. The number of aryl methyl sites for hydroxylation is 1. The van der Waals surface area contributed by atoms with Crippen LogP contribution in [0.25, 0.3) is 0 Å². The molecule has 4 fully saturated rings. The zero-order valence-electron chi connectivity index (χ0n) is 22.5. The second-order valence-electron chi connectivity index (χ2n) is 12.4. The molecule has 0 aromatic carbocycles. The zero-order valence-corrected chi connectivity index (χ0v) is 22.5. The lowest BCUT2D eigenvalue weighted by Gasteiger charge is -2.42. The molecule has 202 valence electrons. The van der Waals surface area contributed by atoms with Gasteiger partial charge in [0.25, 0.3) is 0 Å². The molecule has 4 N–H and O–H groups in total. The third-order valence-corrected chi connectivity index (χ3v) is 9.67. The maximum Gasteiger partial charge on any atom is 0.223 e. The first kappa shape index (κ1) is 26.0. The maximum atomic E-state index is 13.9. The van der Waals surface area contributed by atoms with Crippen molar-refractivity contribution in [3.63, 3.8) is 0 Å². The summed E-state index contributed by atoms with van der Waals surface area (Å²) < 4.78 is 9.58. The van der Waals surface area contributed by atoms with E-state index in [9.17, 15) is 4.79 Å². The Hall–Kier alpha value is -1.64. The molecule has 1 aromatic rings. The number of hydrogen-bond acceptors (Lipinski definition) is 5. The van der Waals surface area contributed by atoms with Gasteiger partial charge in [-0.05, 0) is 100 Å². The number of piperidine rings is 2. The second-order valence-corrected chi connectivity index (χ2v) is 12.4. The molecule has 8 unspecified atom stereocenters. The number of nitrogens with zero attached hydrogens (tertiary/aromatic N) is 2. The summed E-state index contributed by atoms with van der Waals surface area (Å²) in [6, 6.07) is 0.692. The van der Waals surface area contributed by atoms with Crippen LogP contribution < -0.4 is 21.6 Å². The average Bonchev–Trinajstić information content (AvgIpc) is 3.69. The maximum absolute atomic E-state index is 13.9. The highest BCUT2D eigenvalue weighted by Gasteiger charge is 2.42. The Kier molecular flexibility index (Phi) is 8.23. The van der Waals surface area contributed by atoms with Crippen LogP contribution in [0.4, 0.5) is 0 Å². The van der Waals surface area contributed by atoms with Crippen molar-refractivity contribution >= 4 is 5.91 Å². The van der Waals surface area contributed by atoms with Crippen LogP contribution in [-0.2, 0) is 23.1 Å². The largest absolute Gasteiger partial charge is 0.367 e. The van der Waals surface area contributed by atoms with E-state index >= 15 is 0 Å². The molecule has 0 bridgehead atoms. The van der Waals surface area contributed by atoms with Crippen molar-refractivity contribution in [2.24, 2.45) is 42.6 Å². The fourth-order valence-corrected chi connectivity index (χ4v) is 7.40. The van der Waals surface area contributed by atoms with Crippen molar-refractivity contribution < 1.29 is 9.53 Å². The summed E-state index contributed by atoms with van der Waals surface area (Å²) in [5.41, 5.74) is 0.533. The molecule has 1 amide bonds. The predicted octanol–water partition coefficient (Wildman–Crippen LogP) is 2.59. The number of imidazole rings is 1. The Morgan fingerprint density at radius 2 is 1.89 bits per heavy atom. The van der Waals surface area contributed by atoms with E-state index in [4.69, 9.17) is 10.1 Å². The Morgan fingerprint density at radius 1 is 1.08 bits per heavy atom. The highest BCUT2D eigenvalue weighted by molar-refractivity contribution is 5.79. The first-order valence-corrected chi connectivity index (χ1v) is 14.5. The number of aromatic nitrogens is 2. The monoisotopic (exact) mass is 500 g/mol. The molecule has 5 rings (SSSR count). The van der Waals surface area contributed by atoms with E-state index in [0.29, 0.717) is 35.3 Å². The van der Waals surface area contributed by atoms with Crippen LogP contribution in [-0.4, -0.2) is 53.6 Å². The van der Waals surface area contributed by atoms with Crippen molar-refractivity contribution in [3.05, 3.63) is 18.0 Å². The lowest BCUT2D eigenvalue weighted by molar-refractivity contribution is -0.129. The average molecular weight is 501 g/mol. The van der Waals surface area contributed by atoms with Gasteiger partial charge in [0.1, 0.15) is 6.23 Å². The Labute approximate surface area is 216 Å². The zero-order chi connectivity index (χ0) is 25.2. The fraction of sp³-hybridized carbons (Fsp3) is 0.857. The van der Waals surface area contributed by atoms with E-state index in [1.807, 2.05) is 24.0 Å². The second kappa shape index (κ2) is 11.4. The van der Waals surface area contributed by atoms with Gasteiger partial charge in [0.05, 0.1) is 0 Å². The number of amides is 1. The Bertz CT molecular complexity index is 939. The van der Waals surface area contributed by atoms with Gasteiger partial charge in [-0.1, -0.05) is 6.92 Å². The van der Waals surface area contributed by atoms with E-state index in [1.165, 1.54) is 25.7 Å². The van der Waals surface area contributed by atoms with Crippen LogP contribution in [0.1, 0.15) is 64.7 Å². The van der Waals surface area contributed by atoms with Crippen molar-refractivity contribution in [3.8, 4) is 0 Å². The topological polar surface area (TPSA) is 96.1 Å². The van der Waals surface area contributed by atoms with E-state index < -0.39 is 0 Å². The number of hydrogen-bond donors (Lipinski definition) is 4. The molecule has 0 spiro atoms. The summed E-state index contributed by atoms with van der Waals surface area (Å²) in [6.07, 6.45) is 14.2. The van der Waals surface area contributed by atoms with Gasteiger partial charge >= 0.3 is 0 Å². The summed E-state index contributed by atoms with van der Waals surface area (Å²) in [5.74, 6) is 3.25. The summed E-state index contributed by atoms with van der Waals surface area (Å²) in [6.45, 7) is 5.23. The van der Waals surface area contributed by atoms with Crippen molar-refractivity contribution in [2.45, 2.75) is 89.6 Å². The fourth-order valence-electron chi connectivity index (χ4n) is 7.40. The number of carbonyl (C=O) groups is 1. The molecule has 36 heavy (non-hydrogen) atoms. The Balaban J connectivity index is 1.30. The Morgan fingerprint density at radius 3 is 2.58 bits per heavy atom. The van der Waals surface area contributed by atoms with Crippen LogP contribution in [0.2, 0.25) is 0 Å². The number of methoxy groups -OCH3 is 1. The number of ether oxygens (including phenoxy) is 1. The molecule has 2 saturated carbocycles. The summed E-state index contributed by atoms with van der Waals surface area (Å²) >= 11 is 0. The molecule has 3 heterocycles. The summed E-state index contributed by atoms with van der Waals surface area (Å²) in [5, 5.41) is 19.2.